The molecule has 11 nitrogen and oxygen atoms in total. The molecule has 8 unspecified atom stereocenters. The number of nitrogens with zero attached hydrogens (tertiary/aromatic N) is 1. The number of hydrogen-bond donors (Lipinski definition) is 3. The molecular weight excluding hydrogens is 532 g/mol. The summed E-state index contributed by atoms with van der Waals surface area (Å²) in [7, 11) is 2.97. The van der Waals surface area contributed by atoms with Crippen LogP contribution in [0.3, 0.4) is 0 Å². The van der Waals surface area contributed by atoms with Gasteiger partial charge in [0.05, 0.1) is 29.4 Å². The van der Waals surface area contributed by atoms with Gasteiger partial charge in [0.15, 0.2) is 34.7 Å². The summed E-state index contributed by atoms with van der Waals surface area (Å²) in [4.78, 5) is 83.0. The smallest absolute Gasteiger partial charge is 0.309 e. The molecule has 0 aromatic heterocycles. The third-order valence-corrected chi connectivity index (χ3v) is 9.85. The van der Waals surface area contributed by atoms with Crippen LogP contribution < -0.4 is 5.73 Å². The fraction of sp³-hybridized carbons (Fsp3) is 0.600. The van der Waals surface area contributed by atoms with Crippen molar-refractivity contribution in [2.45, 2.75) is 69.6 Å². The maximum Gasteiger partial charge on any atom is 0.309 e. The fourth-order valence-electron chi connectivity index (χ4n) is 7.97. The normalized spacial score (nSPS) is 35.5. The number of ketones is 4. The van der Waals surface area contributed by atoms with E-state index >= 15 is 0 Å². The molecule has 8 atom stereocenters. The van der Waals surface area contributed by atoms with Crippen molar-refractivity contribution in [3.05, 3.63) is 28.8 Å². The molecule has 1 amide bonds. The third kappa shape index (κ3) is 4.07. The van der Waals surface area contributed by atoms with Gasteiger partial charge in [-0.15, -0.1) is 0 Å². The number of phenols is 1. The number of benzene rings is 1. The number of carbonyl (C=O) groups is 6. The molecule has 0 bridgehead atoms. The van der Waals surface area contributed by atoms with Gasteiger partial charge in [-0.05, 0) is 57.0 Å². The standard InChI is InChI=1S/C30H36N2O9/c1-12-10-11-15(33)18-16(12)13(2)17-19(23(18)34)26(36)30(40)21(25(17)41-29(39)14-8-6-5-7-9-14)22(32(3)4)24(35)20(27(30)37)28(31)38/h10-11,13-14,17,19-22,25,33,40H,5-9H2,1-4H3,(H2,31,38). The SMILES string of the molecule is Cc1ccc(O)c2c1C(C)C1C(C2=O)C(=O)C2(O)C(=O)C(C(N)=O)C(=O)C(N(C)C)C2C1OC(=O)C1CCCCC1. The lowest BCUT2D eigenvalue weighted by Crippen LogP contribution is -2.78. The first kappa shape index (κ1) is 29.1. The number of ether oxygens (including phenoxy) is 1. The molecule has 220 valence electrons. The highest BCUT2D eigenvalue weighted by Gasteiger charge is 2.74. The summed E-state index contributed by atoms with van der Waals surface area (Å²) in [6.07, 6.45) is 2.36. The molecule has 4 aliphatic rings. The molecule has 0 saturated heterocycles. The van der Waals surface area contributed by atoms with Gasteiger partial charge in [-0.3, -0.25) is 33.7 Å². The van der Waals surface area contributed by atoms with Crippen LogP contribution in [0, 0.1) is 36.5 Å². The Hall–Kier alpha value is -3.44. The number of rotatable bonds is 4. The number of aliphatic hydroxyl groups is 1. The maximum absolute atomic E-state index is 14.3. The Bertz CT molecular complexity index is 1360. The summed E-state index contributed by atoms with van der Waals surface area (Å²) in [6.45, 7) is 3.48. The molecule has 3 saturated carbocycles. The van der Waals surface area contributed by atoms with Gasteiger partial charge in [0, 0.05) is 5.92 Å². The first-order chi connectivity index (χ1) is 19.2. The van der Waals surface area contributed by atoms with Gasteiger partial charge in [0.25, 0.3) is 0 Å². The highest BCUT2D eigenvalue weighted by atomic mass is 16.5. The van der Waals surface area contributed by atoms with Crippen molar-refractivity contribution in [1.29, 1.82) is 0 Å². The molecule has 11 heteroatoms. The topological polar surface area (TPSA) is 181 Å². The van der Waals surface area contributed by atoms with Gasteiger partial charge in [-0.1, -0.05) is 32.3 Å². The number of amides is 1. The molecule has 4 N–H and O–H groups in total. The van der Waals surface area contributed by atoms with Crippen molar-refractivity contribution in [2.75, 3.05) is 14.1 Å². The Morgan fingerprint density at radius 1 is 1.05 bits per heavy atom. The van der Waals surface area contributed by atoms with Crippen LogP contribution >= 0.6 is 0 Å². The third-order valence-electron chi connectivity index (χ3n) is 9.85. The van der Waals surface area contributed by atoms with Crippen LogP contribution in [0.2, 0.25) is 0 Å². The van der Waals surface area contributed by atoms with E-state index in [0.29, 0.717) is 24.0 Å². The van der Waals surface area contributed by atoms with Crippen LogP contribution in [0.5, 0.6) is 5.75 Å². The molecule has 3 fully saturated rings. The second-order valence-corrected chi connectivity index (χ2v) is 12.3. The minimum absolute atomic E-state index is 0.0959. The Kier molecular flexibility index (Phi) is 7.18. The summed E-state index contributed by atoms with van der Waals surface area (Å²) < 4.78 is 6.15. The Balaban J connectivity index is 1.75. The average molecular weight is 569 g/mol. The number of aryl methyl sites for hydroxylation is 1. The number of esters is 1. The lowest BCUT2D eigenvalue weighted by Gasteiger charge is -2.56. The maximum atomic E-state index is 14.3. The van der Waals surface area contributed by atoms with Crippen LogP contribution in [0.25, 0.3) is 0 Å². The molecule has 0 aliphatic heterocycles. The highest BCUT2D eigenvalue weighted by Crippen LogP contribution is 2.56. The first-order valence-electron chi connectivity index (χ1n) is 14.1. The zero-order valence-electron chi connectivity index (χ0n) is 23.6. The van der Waals surface area contributed by atoms with Gasteiger partial charge >= 0.3 is 5.97 Å². The number of Topliss-reactive ketones (excluding diaryl/α,β-unsaturated/α-hetero) is 4. The van der Waals surface area contributed by atoms with Crippen molar-refractivity contribution in [3.63, 3.8) is 0 Å². The Morgan fingerprint density at radius 2 is 1.68 bits per heavy atom. The molecule has 41 heavy (non-hydrogen) atoms. The van der Waals surface area contributed by atoms with Gasteiger partial charge in [-0.2, -0.15) is 0 Å². The van der Waals surface area contributed by atoms with E-state index in [1.54, 1.807) is 19.9 Å². The predicted molar refractivity (Wildman–Crippen MR) is 143 cm³/mol. The Morgan fingerprint density at radius 3 is 2.27 bits per heavy atom. The van der Waals surface area contributed by atoms with Crippen LogP contribution in [-0.2, 0) is 28.7 Å². The van der Waals surface area contributed by atoms with E-state index in [9.17, 15) is 39.0 Å². The van der Waals surface area contributed by atoms with Crippen molar-refractivity contribution in [2.24, 2.45) is 35.3 Å². The molecule has 5 rings (SSSR count). The summed E-state index contributed by atoms with van der Waals surface area (Å²) in [5.74, 6) is -14.1. The summed E-state index contributed by atoms with van der Waals surface area (Å²) in [5.41, 5.74) is 3.44. The summed E-state index contributed by atoms with van der Waals surface area (Å²) >= 11 is 0. The zero-order chi connectivity index (χ0) is 30.1. The lowest BCUT2D eigenvalue weighted by atomic mass is 9.49. The van der Waals surface area contributed by atoms with Crippen LogP contribution in [-0.4, -0.2) is 82.0 Å². The number of hydrogen-bond acceptors (Lipinski definition) is 10. The minimum atomic E-state index is -3.02. The van der Waals surface area contributed by atoms with E-state index in [2.05, 4.69) is 0 Å². The van der Waals surface area contributed by atoms with Crippen LogP contribution in [0.1, 0.15) is 66.4 Å². The number of primary amides is 1. The van der Waals surface area contributed by atoms with E-state index < -0.39 is 88.3 Å². The van der Waals surface area contributed by atoms with Gasteiger partial charge in [-0.25, -0.2) is 0 Å². The van der Waals surface area contributed by atoms with Crippen LogP contribution in [0.4, 0.5) is 0 Å². The fourth-order valence-corrected chi connectivity index (χ4v) is 7.97. The van der Waals surface area contributed by atoms with E-state index in [1.807, 2.05) is 0 Å². The summed E-state index contributed by atoms with van der Waals surface area (Å²) in [6, 6.07) is 1.56. The average Bonchev–Trinajstić information content (AvgIpc) is 2.91. The molecule has 4 aliphatic carbocycles. The molecule has 0 radical (unpaired) electrons. The minimum Gasteiger partial charge on any atom is -0.507 e. The summed E-state index contributed by atoms with van der Waals surface area (Å²) in [5, 5.41) is 22.8. The van der Waals surface area contributed by atoms with E-state index in [0.717, 1.165) is 19.3 Å². The number of phenolic OH excluding ortho intramolecular Hbond substituents is 1. The van der Waals surface area contributed by atoms with Crippen molar-refractivity contribution in [3.8, 4) is 5.75 Å². The molecule has 0 spiro atoms. The quantitative estimate of drug-likeness (QED) is 0.348. The Labute approximate surface area is 237 Å². The van der Waals surface area contributed by atoms with Crippen molar-refractivity contribution in [1.82, 2.24) is 4.90 Å². The predicted octanol–water partition coefficient (Wildman–Crippen LogP) is 0.838. The van der Waals surface area contributed by atoms with E-state index in [-0.39, 0.29) is 11.3 Å². The van der Waals surface area contributed by atoms with Gasteiger partial charge in [0.1, 0.15) is 11.9 Å². The van der Waals surface area contributed by atoms with Crippen molar-refractivity contribution < 1.29 is 43.7 Å². The second kappa shape index (κ2) is 10.1. The molecular formula is C30H36N2O9. The van der Waals surface area contributed by atoms with E-state index in [4.69, 9.17) is 10.5 Å². The second-order valence-electron chi connectivity index (χ2n) is 12.3. The largest absolute Gasteiger partial charge is 0.507 e. The van der Waals surface area contributed by atoms with Gasteiger partial charge < -0.3 is 20.7 Å². The number of nitrogens with two attached hydrogens (primary N) is 1. The zero-order valence-corrected chi connectivity index (χ0v) is 23.6. The number of fused-ring (bicyclic) bond motifs is 3. The molecule has 0 heterocycles. The molecule has 1 aromatic rings. The number of carbonyl (C=O) groups excluding carboxylic acids is 6. The first-order valence-corrected chi connectivity index (χ1v) is 14.1. The van der Waals surface area contributed by atoms with Crippen LogP contribution in [0.15, 0.2) is 12.1 Å². The molecule has 1 aromatic carbocycles. The van der Waals surface area contributed by atoms with E-state index in [1.165, 1.54) is 25.1 Å². The lowest BCUT2D eigenvalue weighted by molar-refractivity contribution is -0.207. The highest BCUT2D eigenvalue weighted by molar-refractivity contribution is 6.32. The van der Waals surface area contributed by atoms with Crippen molar-refractivity contribution >= 4 is 35.0 Å². The monoisotopic (exact) mass is 568 g/mol. The number of likely N-dealkylation sites (N-methyl/N-ethyl adjacent to an activating group) is 1. The number of aromatic hydroxyl groups is 1. The van der Waals surface area contributed by atoms with Gasteiger partial charge in [0.2, 0.25) is 5.91 Å².